The lowest BCUT2D eigenvalue weighted by molar-refractivity contribution is 0.0741. The van der Waals surface area contributed by atoms with Crippen LogP contribution in [0.2, 0.25) is 0 Å². The van der Waals surface area contributed by atoms with Crippen LogP contribution in [0, 0.1) is 0 Å². The topological polar surface area (TPSA) is 58.8 Å². The van der Waals surface area contributed by atoms with Gasteiger partial charge in [-0.25, -0.2) is 4.98 Å². The van der Waals surface area contributed by atoms with Gasteiger partial charge in [-0.2, -0.15) is 0 Å². The van der Waals surface area contributed by atoms with E-state index in [1.807, 2.05) is 18.3 Å². The molecule has 0 radical (unpaired) electrons. The number of rotatable bonds is 4. The van der Waals surface area contributed by atoms with Gasteiger partial charge in [0.05, 0.1) is 12.8 Å². The lowest BCUT2D eigenvalue weighted by atomic mass is 10.3. The molecule has 0 N–H and O–H groups in total. The summed E-state index contributed by atoms with van der Waals surface area (Å²) in [4.78, 5) is 20.9. The molecule has 2 saturated heterocycles. The van der Waals surface area contributed by atoms with Crippen LogP contribution in [0.1, 0.15) is 29.8 Å². The molecule has 0 spiro atoms. The largest absolute Gasteiger partial charge is 0.485 e. The van der Waals surface area contributed by atoms with Crippen LogP contribution in [0.3, 0.4) is 0 Å². The van der Waals surface area contributed by atoms with Gasteiger partial charge in [0.15, 0.2) is 17.3 Å². The van der Waals surface area contributed by atoms with Crippen LogP contribution >= 0.6 is 0 Å². The molecule has 6 nitrogen and oxygen atoms in total. The molecule has 0 aliphatic carbocycles. The second-order valence-corrected chi connectivity index (χ2v) is 6.28. The molecule has 0 saturated carbocycles. The lowest BCUT2D eigenvalue weighted by Gasteiger charge is -2.22. The fraction of sp³-hybridized carbons (Fsp3) is 0.444. The van der Waals surface area contributed by atoms with E-state index in [-0.39, 0.29) is 12.0 Å². The molecular weight excluding hydrogens is 306 g/mol. The average Bonchev–Trinajstić information content (AvgIpc) is 3.36. The van der Waals surface area contributed by atoms with Crippen LogP contribution < -0.4 is 9.64 Å². The van der Waals surface area contributed by atoms with Gasteiger partial charge < -0.3 is 19.0 Å². The Labute approximate surface area is 141 Å². The van der Waals surface area contributed by atoms with E-state index in [2.05, 4.69) is 9.88 Å². The maximum Gasteiger partial charge on any atom is 0.289 e. The van der Waals surface area contributed by atoms with Crippen LogP contribution in [0.5, 0.6) is 5.75 Å². The molecule has 2 fully saturated rings. The number of amides is 1. The maximum absolute atomic E-state index is 12.3. The van der Waals surface area contributed by atoms with Crippen LogP contribution in [0.4, 0.5) is 5.82 Å². The molecule has 0 bridgehead atoms. The smallest absolute Gasteiger partial charge is 0.289 e. The minimum atomic E-state index is -0.0722. The van der Waals surface area contributed by atoms with E-state index >= 15 is 0 Å². The molecule has 1 amide bonds. The summed E-state index contributed by atoms with van der Waals surface area (Å²) in [5, 5.41) is 0. The second kappa shape index (κ2) is 6.55. The zero-order valence-corrected chi connectivity index (χ0v) is 13.6. The number of aromatic nitrogens is 1. The van der Waals surface area contributed by atoms with Gasteiger partial charge in [-0.15, -0.1) is 0 Å². The SMILES string of the molecule is O=C(c1ccco1)N1CCC(Oc2cccnc2N2CCCC2)C1. The Hall–Kier alpha value is -2.50. The first-order valence-corrected chi connectivity index (χ1v) is 8.50. The Morgan fingerprint density at radius 1 is 1.21 bits per heavy atom. The van der Waals surface area contributed by atoms with Crippen LogP contribution in [-0.2, 0) is 0 Å². The van der Waals surface area contributed by atoms with Crippen molar-refractivity contribution in [2.45, 2.75) is 25.4 Å². The van der Waals surface area contributed by atoms with E-state index in [1.165, 1.54) is 19.1 Å². The Morgan fingerprint density at radius 2 is 2.08 bits per heavy atom. The highest BCUT2D eigenvalue weighted by molar-refractivity contribution is 5.91. The Kier molecular flexibility index (Phi) is 4.11. The fourth-order valence-electron chi connectivity index (χ4n) is 3.39. The van der Waals surface area contributed by atoms with Crippen molar-refractivity contribution in [3.05, 3.63) is 42.5 Å². The van der Waals surface area contributed by atoms with Gasteiger partial charge in [-0.1, -0.05) is 0 Å². The number of furan rings is 1. The van der Waals surface area contributed by atoms with Crippen LogP contribution in [0.15, 0.2) is 41.1 Å². The number of pyridine rings is 1. The summed E-state index contributed by atoms with van der Waals surface area (Å²) >= 11 is 0. The van der Waals surface area contributed by atoms with Crippen molar-refractivity contribution < 1.29 is 13.9 Å². The predicted octanol–water partition coefficient (Wildman–Crippen LogP) is 2.57. The predicted molar refractivity (Wildman–Crippen MR) is 89.3 cm³/mol. The molecule has 126 valence electrons. The van der Waals surface area contributed by atoms with E-state index in [0.717, 1.165) is 31.1 Å². The van der Waals surface area contributed by atoms with Crippen LogP contribution in [-0.4, -0.2) is 48.1 Å². The molecule has 1 atom stereocenters. The minimum Gasteiger partial charge on any atom is -0.485 e. The number of anilines is 1. The van der Waals surface area contributed by atoms with Crippen molar-refractivity contribution in [2.75, 3.05) is 31.1 Å². The normalized spacial score (nSPS) is 20.6. The second-order valence-electron chi connectivity index (χ2n) is 6.28. The highest BCUT2D eigenvalue weighted by atomic mass is 16.5. The molecule has 1 unspecified atom stereocenters. The van der Waals surface area contributed by atoms with E-state index in [4.69, 9.17) is 9.15 Å². The molecule has 24 heavy (non-hydrogen) atoms. The third kappa shape index (κ3) is 2.96. The van der Waals surface area contributed by atoms with E-state index < -0.39 is 0 Å². The molecule has 2 aliphatic rings. The highest BCUT2D eigenvalue weighted by Crippen LogP contribution is 2.30. The van der Waals surface area contributed by atoms with Crippen molar-refractivity contribution >= 4 is 11.7 Å². The van der Waals surface area contributed by atoms with Gasteiger partial charge in [0.2, 0.25) is 0 Å². The van der Waals surface area contributed by atoms with Gasteiger partial charge in [0.25, 0.3) is 5.91 Å². The van der Waals surface area contributed by atoms with Crippen molar-refractivity contribution in [3.8, 4) is 5.75 Å². The van der Waals surface area contributed by atoms with Crippen molar-refractivity contribution in [2.24, 2.45) is 0 Å². The molecular formula is C18H21N3O3. The molecule has 4 heterocycles. The first-order valence-electron chi connectivity index (χ1n) is 8.50. The van der Waals surface area contributed by atoms with Crippen LogP contribution in [0.25, 0.3) is 0 Å². The maximum atomic E-state index is 12.3. The molecule has 4 rings (SSSR count). The Morgan fingerprint density at radius 3 is 2.88 bits per heavy atom. The molecule has 0 aromatic carbocycles. The summed E-state index contributed by atoms with van der Waals surface area (Å²) in [6, 6.07) is 7.30. The zero-order chi connectivity index (χ0) is 16.4. The number of nitrogens with zero attached hydrogens (tertiary/aromatic N) is 3. The number of carbonyl (C=O) groups excluding carboxylic acids is 1. The van der Waals surface area contributed by atoms with Crippen molar-refractivity contribution in [1.82, 2.24) is 9.88 Å². The third-order valence-corrected chi connectivity index (χ3v) is 4.61. The zero-order valence-electron chi connectivity index (χ0n) is 13.6. The Balaban J connectivity index is 1.43. The fourth-order valence-corrected chi connectivity index (χ4v) is 3.39. The quantitative estimate of drug-likeness (QED) is 0.864. The van der Waals surface area contributed by atoms with Crippen molar-refractivity contribution in [3.63, 3.8) is 0 Å². The third-order valence-electron chi connectivity index (χ3n) is 4.61. The van der Waals surface area contributed by atoms with Gasteiger partial charge in [0.1, 0.15) is 6.10 Å². The highest BCUT2D eigenvalue weighted by Gasteiger charge is 2.30. The molecule has 6 heteroatoms. The van der Waals surface area contributed by atoms with Gasteiger partial charge in [-0.3, -0.25) is 4.79 Å². The first kappa shape index (κ1) is 15.1. The van der Waals surface area contributed by atoms with Crippen molar-refractivity contribution in [1.29, 1.82) is 0 Å². The van der Waals surface area contributed by atoms with E-state index in [1.54, 1.807) is 17.0 Å². The van der Waals surface area contributed by atoms with Gasteiger partial charge in [-0.05, 0) is 37.1 Å². The van der Waals surface area contributed by atoms with Gasteiger partial charge in [0, 0.05) is 32.3 Å². The lowest BCUT2D eigenvalue weighted by Crippen LogP contribution is -2.31. The standard InChI is InChI=1S/C18H21N3O3/c22-18(16-6-4-12-23-16)21-11-7-14(13-21)24-15-5-3-8-19-17(15)20-9-1-2-10-20/h3-6,8,12,14H,1-2,7,9-11,13H2. The number of likely N-dealkylation sites (tertiary alicyclic amines) is 1. The van der Waals surface area contributed by atoms with Gasteiger partial charge >= 0.3 is 0 Å². The summed E-state index contributed by atoms with van der Waals surface area (Å²) in [6.07, 6.45) is 6.54. The molecule has 2 aromatic rings. The molecule has 2 aromatic heterocycles. The summed E-state index contributed by atoms with van der Waals surface area (Å²) in [7, 11) is 0. The number of ether oxygens (including phenoxy) is 1. The number of hydrogen-bond donors (Lipinski definition) is 0. The summed E-state index contributed by atoms with van der Waals surface area (Å²) in [5.74, 6) is 2.05. The van der Waals surface area contributed by atoms with E-state index in [9.17, 15) is 4.79 Å². The monoisotopic (exact) mass is 327 g/mol. The number of hydrogen-bond acceptors (Lipinski definition) is 5. The summed E-state index contributed by atoms with van der Waals surface area (Å²) < 4.78 is 11.4. The average molecular weight is 327 g/mol. The van der Waals surface area contributed by atoms with E-state index in [0.29, 0.717) is 18.8 Å². The summed E-state index contributed by atoms with van der Waals surface area (Å²) in [6.45, 7) is 3.32. The first-order chi connectivity index (χ1) is 11.8. The molecule has 2 aliphatic heterocycles. The Bertz CT molecular complexity index is 695. The summed E-state index contributed by atoms with van der Waals surface area (Å²) in [5.41, 5.74) is 0. The number of carbonyl (C=O) groups is 1. The minimum absolute atomic E-state index is 0.00512.